The first kappa shape index (κ1) is 66.1. The Hall–Kier alpha value is -12.5. The van der Waals surface area contributed by atoms with Crippen LogP contribution in [0.4, 0.5) is 0 Å². The lowest BCUT2D eigenvalue weighted by Gasteiger charge is -1.97. The highest BCUT2D eigenvalue weighted by Gasteiger charge is 2.10. The Kier molecular flexibility index (Phi) is 20.3. The van der Waals surface area contributed by atoms with Crippen molar-refractivity contribution in [3.05, 3.63) is 360 Å². The topological polar surface area (TPSA) is 104 Å². The monoisotopic (exact) mass is 1300 g/mol. The van der Waals surface area contributed by atoms with Gasteiger partial charge in [0.15, 0.2) is 0 Å². The van der Waals surface area contributed by atoms with E-state index in [1.807, 2.05) is 158 Å². The summed E-state index contributed by atoms with van der Waals surface area (Å²) in [6.07, 6.45) is 7.29. The first-order valence-electron chi connectivity index (χ1n) is 33.6. The number of aryl methyl sites for hydroxylation is 8. The third-order valence-corrected chi connectivity index (χ3v) is 17.5. The molecule has 12 aromatic carbocycles. The van der Waals surface area contributed by atoms with Crippen molar-refractivity contribution in [2.45, 2.75) is 55.4 Å². The zero-order valence-electron chi connectivity index (χ0n) is 57.4. The van der Waals surface area contributed by atoms with E-state index in [0.29, 0.717) is 0 Å². The number of rotatable bonds is 0. The Morgan fingerprint density at radius 3 is 1.39 bits per heavy atom. The van der Waals surface area contributed by atoms with E-state index in [4.69, 9.17) is 17.7 Å². The van der Waals surface area contributed by atoms with E-state index < -0.39 is 0 Å². The lowest BCUT2D eigenvalue weighted by molar-refractivity contribution is 0.665. The van der Waals surface area contributed by atoms with Crippen molar-refractivity contribution in [2.24, 2.45) is 0 Å². The van der Waals surface area contributed by atoms with Crippen molar-refractivity contribution in [3.8, 4) is 0 Å². The van der Waals surface area contributed by atoms with Gasteiger partial charge in [-0.25, -0.2) is 0 Å². The Balaban J connectivity index is 0.000000103. The molecule has 0 radical (unpaired) electrons. The summed E-state index contributed by atoms with van der Waals surface area (Å²) in [5.41, 5.74) is 22.2. The molecule has 100 heavy (non-hydrogen) atoms. The van der Waals surface area contributed by atoms with Gasteiger partial charge in [-0.05, 0) is 186 Å². The van der Waals surface area contributed by atoms with Crippen molar-refractivity contribution in [3.63, 3.8) is 0 Å². The maximum Gasteiger partial charge on any atom is 0.138 e. The number of pyridine rings is 4. The molecule has 0 saturated heterocycles. The quantitative estimate of drug-likeness (QED) is 0.148. The lowest BCUT2D eigenvalue weighted by Crippen LogP contribution is -1.80. The fourth-order valence-corrected chi connectivity index (χ4v) is 12.4. The molecule has 8 nitrogen and oxygen atoms in total. The number of aromatic nitrogens is 4. The van der Waals surface area contributed by atoms with Crippen LogP contribution >= 0.6 is 0 Å². The summed E-state index contributed by atoms with van der Waals surface area (Å²) in [6.45, 7) is 16.7. The molecule has 0 saturated carbocycles. The standard InChI is InChI=1S/4C13H10O.4C10H9N/c1-9-5-4-7-11-10-6-2-3-8-12(10)14-13(9)11;1-9-5-4-8-12-13(9)10-6-2-3-7-11(10)14-12;1-9-6-7-13-11(8-9)10-4-2-3-5-12(10)14-13;1-9-6-7-11-10-4-2-3-5-12(10)14-13(11)8-9;1-8-4-2-6-10-9(8)5-3-7-11-10;1-8-4-2-5-9-6-3-7-11-10(8)9;1-8-4-5-10-9(7-8)3-2-6-11-10;1-8-4-5-9-3-2-6-11-10(9)7-8/h4*2-8H,1H3;4*2-7H,1H3. The van der Waals surface area contributed by atoms with E-state index in [2.05, 4.69) is 233 Å². The van der Waals surface area contributed by atoms with Crippen LogP contribution in [-0.4, -0.2) is 19.9 Å². The summed E-state index contributed by atoms with van der Waals surface area (Å²) in [5, 5.41) is 14.5. The number of fused-ring (bicyclic) bond motifs is 16. The van der Waals surface area contributed by atoms with Crippen LogP contribution in [0.1, 0.15) is 44.5 Å². The van der Waals surface area contributed by atoms with Crippen molar-refractivity contribution >= 4 is 131 Å². The van der Waals surface area contributed by atoms with Gasteiger partial charge in [0.1, 0.15) is 44.7 Å². The Bertz CT molecular complexity index is 5990. The van der Waals surface area contributed by atoms with Crippen LogP contribution in [0.15, 0.2) is 334 Å². The maximum absolute atomic E-state index is 5.78. The molecule has 0 amide bonds. The van der Waals surface area contributed by atoms with E-state index in [1.165, 1.54) is 109 Å². The summed E-state index contributed by atoms with van der Waals surface area (Å²) in [4.78, 5) is 17.0. The highest BCUT2D eigenvalue weighted by atomic mass is 16.3. The van der Waals surface area contributed by atoms with Gasteiger partial charge in [0, 0.05) is 89.4 Å². The molecule has 0 spiro atoms. The van der Waals surface area contributed by atoms with Crippen molar-refractivity contribution in [1.82, 2.24) is 19.9 Å². The van der Waals surface area contributed by atoms with Gasteiger partial charge in [0.05, 0.1) is 22.1 Å². The summed E-state index contributed by atoms with van der Waals surface area (Å²) in [5.74, 6) is 0. The average Bonchev–Trinajstić information content (AvgIpc) is 1.66. The predicted molar refractivity (Wildman–Crippen MR) is 420 cm³/mol. The molecular formula is C92H76N4O4. The van der Waals surface area contributed by atoms with Gasteiger partial charge in [0.2, 0.25) is 0 Å². The molecular weight excluding hydrogens is 1230 g/mol. The molecule has 0 N–H and O–H groups in total. The number of furan rings is 4. The first-order chi connectivity index (χ1) is 48.9. The Morgan fingerprint density at radius 1 is 0.210 bits per heavy atom. The smallest absolute Gasteiger partial charge is 0.138 e. The van der Waals surface area contributed by atoms with Gasteiger partial charge in [-0.15, -0.1) is 0 Å². The average molecular weight is 1300 g/mol. The first-order valence-corrected chi connectivity index (χ1v) is 33.6. The van der Waals surface area contributed by atoms with E-state index in [9.17, 15) is 0 Å². The second kappa shape index (κ2) is 30.7. The second-order valence-corrected chi connectivity index (χ2v) is 25.0. The highest BCUT2D eigenvalue weighted by molar-refractivity contribution is 6.08. The third-order valence-electron chi connectivity index (χ3n) is 17.5. The molecule has 0 fully saturated rings. The molecule has 0 atom stereocenters. The van der Waals surface area contributed by atoms with Gasteiger partial charge in [-0.1, -0.05) is 205 Å². The number of nitrogens with zero attached hydrogens (tertiary/aromatic N) is 4. The van der Waals surface area contributed by atoms with Crippen LogP contribution in [0.3, 0.4) is 0 Å². The lowest BCUT2D eigenvalue weighted by atomic mass is 10.1. The van der Waals surface area contributed by atoms with E-state index in [0.717, 1.165) is 66.7 Å². The van der Waals surface area contributed by atoms with Gasteiger partial charge in [-0.3, -0.25) is 19.9 Å². The number of hydrogen-bond donors (Lipinski definition) is 0. The van der Waals surface area contributed by atoms with Crippen LogP contribution < -0.4 is 0 Å². The molecule has 8 aromatic heterocycles. The van der Waals surface area contributed by atoms with Gasteiger partial charge in [0.25, 0.3) is 0 Å². The van der Waals surface area contributed by atoms with E-state index in [-0.39, 0.29) is 0 Å². The summed E-state index contributed by atoms with van der Waals surface area (Å²) in [6, 6.07) is 98.7. The number of hydrogen-bond acceptors (Lipinski definition) is 8. The minimum atomic E-state index is 0.966. The summed E-state index contributed by atoms with van der Waals surface area (Å²) >= 11 is 0. The summed E-state index contributed by atoms with van der Waals surface area (Å²) < 4.78 is 23.0. The van der Waals surface area contributed by atoms with Gasteiger partial charge < -0.3 is 17.7 Å². The number of para-hydroxylation sites is 6. The number of benzene rings is 12. The van der Waals surface area contributed by atoms with Gasteiger partial charge >= 0.3 is 0 Å². The normalized spacial score (nSPS) is 10.8. The second-order valence-electron chi connectivity index (χ2n) is 25.0. The van der Waals surface area contributed by atoms with Crippen LogP contribution in [0, 0.1) is 55.4 Å². The minimum absolute atomic E-state index is 0.966. The van der Waals surface area contributed by atoms with E-state index in [1.54, 1.807) is 0 Å². The Morgan fingerprint density at radius 2 is 0.650 bits per heavy atom. The molecule has 8 heterocycles. The molecule has 0 aliphatic heterocycles. The fourth-order valence-electron chi connectivity index (χ4n) is 12.4. The molecule has 0 aliphatic carbocycles. The zero-order chi connectivity index (χ0) is 68.9. The zero-order valence-corrected chi connectivity index (χ0v) is 57.4. The van der Waals surface area contributed by atoms with Crippen molar-refractivity contribution in [2.75, 3.05) is 0 Å². The molecule has 0 unspecified atom stereocenters. The third kappa shape index (κ3) is 15.3. The van der Waals surface area contributed by atoms with Gasteiger partial charge in [-0.2, -0.15) is 0 Å². The van der Waals surface area contributed by atoms with Crippen LogP contribution in [0.2, 0.25) is 0 Å². The molecule has 20 rings (SSSR count). The minimum Gasteiger partial charge on any atom is -0.456 e. The molecule has 488 valence electrons. The maximum atomic E-state index is 5.78. The molecule has 8 heteroatoms. The molecule has 20 aromatic rings. The largest absolute Gasteiger partial charge is 0.456 e. The summed E-state index contributed by atoms with van der Waals surface area (Å²) in [7, 11) is 0. The van der Waals surface area contributed by atoms with Crippen molar-refractivity contribution in [1.29, 1.82) is 0 Å². The SMILES string of the molecule is Cc1ccc2c(c1)oc1ccccc12.Cc1ccc2cccnc2c1.Cc1ccc2ncccc2c1.Cc1ccc2oc3ccccc3c2c1.Cc1cccc2c1oc1ccccc12.Cc1cccc2cccnc12.Cc1cccc2ncccc12.Cc1cccc2oc3ccccc3c12. The van der Waals surface area contributed by atoms with Crippen LogP contribution in [0.25, 0.3) is 131 Å². The van der Waals surface area contributed by atoms with E-state index >= 15 is 0 Å². The fraction of sp³-hybridized carbons (Fsp3) is 0.0870. The Labute approximate surface area is 581 Å². The predicted octanol–water partition coefficient (Wildman–Crippen LogP) is 25.8. The van der Waals surface area contributed by atoms with Crippen LogP contribution in [0.5, 0.6) is 0 Å². The highest BCUT2D eigenvalue weighted by Crippen LogP contribution is 2.34. The van der Waals surface area contributed by atoms with Crippen molar-refractivity contribution < 1.29 is 17.7 Å². The molecule has 0 aliphatic rings. The molecule has 0 bridgehead atoms. The van der Waals surface area contributed by atoms with Crippen LogP contribution in [-0.2, 0) is 0 Å².